The van der Waals surface area contributed by atoms with Crippen LogP contribution in [0.2, 0.25) is 0 Å². The van der Waals surface area contributed by atoms with Crippen LogP contribution < -0.4 is 0 Å². The number of ether oxygens (including phenoxy) is 1. The first-order chi connectivity index (χ1) is 8.34. The van der Waals surface area contributed by atoms with Crippen molar-refractivity contribution in [3.8, 4) is 0 Å². The Labute approximate surface area is 103 Å². The third-order valence-electron chi connectivity index (χ3n) is 4.29. The minimum Gasteiger partial charge on any atom is -0.368 e. The maximum atomic E-state index is 9.86. The van der Waals surface area contributed by atoms with Crippen molar-refractivity contribution in [2.75, 3.05) is 0 Å². The van der Waals surface area contributed by atoms with Gasteiger partial charge in [0.2, 0.25) is 0 Å². The Morgan fingerprint density at radius 1 is 1.06 bits per heavy atom. The molecule has 92 valence electrons. The summed E-state index contributed by atoms with van der Waals surface area (Å²) in [6, 6.07) is 10.6. The van der Waals surface area contributed by atoms with E-state index < -0.39 is 6.29 Å². The van der Waals surface area contributed by atoms with Gasteiger partial charge in [0, 0.05) is 6.42 Å². The molecule has 1 aliphatic heterocycles. The van der Waals surface area contributed by atoms with Crippen LogP contribution in [0.5, 0.6) is 0 Å². The van der Waals surface area contributed by atoms with Gasteiger partial charge in [0.15, 0.2) is 6.29 Å². The lowest BCUT2D eigenvalue weighted by Crippen LogP contribution is -2.41. The first-order valence-corrected chi connectivity index (χ1v) is 6.73. The molecular formula is C15H20O2. The Kier molecular flexibility index (Phi) is 3.17. The van der Waals surface area contributed by atoms with Gasteiger partial charge in [-0.25, -0.2) is 0 Å². The van der Waals surface area contributed by atoms with E-state index in [1.165, 1.54) is 24.8 Å². The highest BCUT2D eigenvalue weighted by atomic mass is 16.6. The van der Waals surface area contributed by atoms with Crippen molar-refractivity contribution in [2.45, 2.75) is 50.4 Å². The number of aliphatic hydroxyl groups excluding tert-OH is 1. The minimum absolute atomic E-state index is 0.276. The molecule has 2 heteroatoms. The second-order valence-corrected chi connectivity index (χ2v) is 5.33. The molecule has 2 aliphatic rings. The Hall–Kier alpha value is -0.860. The van der Waals surface area contributed by atoms with E-state index in [-0.39, 0.29) is 6.10 Å². The lowest BCUT2D eigenvalue weighted by atomic mass is 9.72. The summed E-state index contributed by atoms with van der Waals surface area (Å²) in [6.07, 6.45) is 5.38. The number of fused-ring (bicyclic) bond motifs is 1. The van der Waals surface area contributed by atoms with E-state index in [4.69, 9.17) is 4.74 Å². The van der Waals surface area contributed by atoms with Crippen LogP contribution in [-0.4, -0.2) is 17.5 Å². The van der Waals surface area contributed by atoms with E-state index >= 15 is 0 Å². The molecule has 2 nitrogen and oxygen atoms in total. The van der Waals surface area contributed by atoms with E-state index in [1.54, 1.807) is 0 Å². The number of hydrogen-bond acceptors (Lipinski definition) is 2. The topological polar surface area (TPSA) is 29.5 Å². The van der Waals surface area contributed by atoms with Gasteiger partial charge in [-0.2, -0.15) is 0 Å². The summed E-state index contributed by atoms with van der Waals surface area (Å²) < 4.78 is 5.70. The fourth-order valence-electron chi connectivity index (χ4n) is 3.49. The van der Waals surface area contributed by atoms with Gasteiger partial charge in [-0.3, -0.25) is 0 Å². The predicted molar refractivity (Wildman–Crippen MR) is 66.6 cm³/mol. The maximum absolute atomic E-state index is 9.86. The third-order valence-corrected chi connectivity index (χ3v) is 4.29. The molecule has 1 saturated heterocycles. The molecule has 0 amide bonds. The van der Waals surface area contributed by atoms with E-state index in [0.29, 0.717) is 11.8 Å². The molecule has 1 N–H and O–H groups in total. The largest absolute Gasteiger partial charge is 0.368 e. The summed E-state index contributed by atoms with van der Waals surface area (Å²) in [5.74, 6) is 1.08. The summed E-state index contributed by atoms with van der Waals surface area (Å²) >= 11 is 0. The molecule has 0 radical (unpaired) electrons. The smallest absolute Gasteiger partial charge is 0.155 e. The highest BCUT2D eigenvalue weighted by Gasteiger charge is 2.39. The second-order valence-electron chi connectivity index (χ2n) is 5.33. The summed E-state index contributed by atoms with van der Waals surface area (Å²) in [5, 5.41) is 9.86. The van der Waals surface area contributed by atoms with Crippen molar-refractivity contribution in [3.63, 3.8) is 0 Å². The van der Waals surface area contributed by atoms with Crippen LogP contribution in [0.15, 0.2) is 30.3 Å². The van der Waals surface area contributed by atoms with Gasteiger partial charge in [-0.05, 0) is 30.2 Å². The zero-order chi connectivity index (χ0) is 11.7. The van der Waals surface area contributed by atoms with Crippen molar-refractivity contribution in [1.82, 2.24) is 0 Å². The minimum atomic E-state index is -0.570. The molecule has 1 unspecified atom stereocenters. The monoisotopic (exact) mass is 232 g/mol. The number of hydrogen-bond donors (Lipinski definition) is 1. The average molecular weight is 232 g/mol. The summed E-state index contributed by atoms with van der Waals surface area (Å²) in [4.78, 5) is 0. The van der Waals surface area contributed by atoms with Gasteiger partial charge in [-0.15, -0.1) is 0 Å². The Morgan fingerprint density at radius 3 is 2.65 bits per heavy atom. The van der Waals surface area contributed by atoms with E-state index in [9.17, 15) is 5.11 Å². The zero-order valence-electron chi connectivity index (χ0n) is 10.1. The lowest BCUT2D eigenvalue weighted by molar-refractivity contribution is -0.197. The zero-order valence-corrected chi connectivity index (χ0v) is 10.1. The highest BCUT2D eigenvalue weighted by molar-refractivity contribution is 5.21. The van der Waals surface area contributed by atoms with Crippen molar-refractivity contribution in [3.05, 3.63) is 35.9 Å². The first kappa shape index (κ1) is 11.2. The predicted octanol–water partition coefficient (Wildman–Crippen LogP) is 3.07. The van der Waals surface area contributed by atoms with Gasteiger partial charge in [-0.1, -0.05) is 43.2 Å². The summed E-state index contributed by atoms with van der Waals surface area (Å²) in [6.45, 7) is 0. The van der Waals surface area contributed by atoms with E-state index in [2.05, 4.69) is 30.3 Å². The van der Waals surface area contributed by atoms with Crippen LogP contribution in [0.4, 0.5) is 0 Å². The summed E-state index contributed by atoms with van der Waals surface area (Å²) in [5.41, 5.74) is 1.37. The van der Waals surface area contributed by atoms with Gasteiger partial charge >= 0.3 is 0 Å². The van der Waals surface area contributed by atoms with Gasteiger partial charge in [0.25, 0.3) is 0 Å². The number of rotatable bonds is 1. The van der Waals surface area contributed by atoms with Gasteiger partial charge in [0.05, 0.1) is 6.10 Å². The first-order valence-electron chi connectivity index (χ1n) is 6.73. The Balaban J connectivity index is 1.86. The van der Waals surface area contributed by atoms with Crippen LogP contribution in [0.1, 0.15) is 43.6 Å². The lowest BCUT2D eigenvalue weighted by Gasteiger charge is -2.43. The number of benzene rings is 1. The normalized spacial score (nSPS) is 37.5. The van der Waals surface area contributed by atoms with Gasteiger partial charge < -0.3 is 9.84 Å². The molecular weight excluding hydrogens is 212 g/mol. The third kappa shape index (κ3) is 2.24. The van der Waals surface area contributed by atoms with Crippen LogP contribution in [-0.2, 0) is 4.74 Å². The molecule has 1 aromatic carbocycles. The molecule has 3 rings (SSSR count). The molecule has 1 saturated carbocycles. The SMILES string of the molecule is OC1C[C@H](c2ccccc2)[C@H]2CCCC[C@H]2O1. The van der Waals surface area contributed by atoms with Crippen molar-refractivity contribution < 1.29 is 9.84 Å². The fraction of sp³-hybridized carbons (Fsp3) is 0.600. The molecule has 4 atom stereocenters. The molecule has 1 aliphatic carbocycles. The Morgan fingerprint density at radius 2 is 1.82 bits per heavy atom. The Bertz CT molecular complexity index is 362. The maximum Gasteiger partial charge on any atom is 0.155 e. The fourth-order valence-corrected chi connectivity index (χ4v) is 3.49. The average Bonchev–Trinajstić information content (AvgIpc) is 2.39. The van der Waals surface area contributed by atoms with E-state index in [1.807, 2.05) is 0 Å². The summed E-state index contributed by atoms with van der Waals surface area (Å²) in [7, 11) is 0. The quantitative estimate of drug-likeness (QED) is 0.806. The highest BCUT2D eigenvalue weighted by Crippen LogP contribution is 2.44. The molecule has 0 spiro atoms. The molecule has 17 heavy (non-hydrogen) atoms. The standard InChI is InChI=1S/C15H20O2/c16-15-10-13(11-6-2-1-3-7-11)12-8-4-5-9-14(12)17-15/h1-3,6-7,12-16H,4-5,8-10H2/t12-,13-,14-,15?/m1/s1. The second kappa shape index (κ2) is 4.79. The van der Waals surface area contributed by atoms with Crippen LogP contribution >= 0.6 is 0 Å². The molecule has 2 fully saturated rings. The number of aliphatic hydroxyl groups is 1. The van der Waals surface area contributed by atoms with Crippen molar-refractivity contribution >= 4 is 0 Å². The molecule has 0 bridgehead atoms. The van der Waals surface area contributed by atoms with E-state index in [0.717, 1.165) is 12.8 Å². The molecule has 1 heterocycles. The molecule has 0 aromatic heterocycles. The van der Waals surface area contributed by atoms with Crippen molar-refractivity contribution in [2.24, 2.45) is 5.92 Å². The van der Waals surface area contributed by atoms with Crippen LogP contribution in [0.25, 0.3) is 0 Å². The van der Waals surface area contributed by atoms with Crippen LogP contribution in [0, 0.1) is 5.92 Å². The van der Waals surface area contributed by atoms with Crippen LogP contribution in [0.3, 0.4) is 0 Å². The van der Waals surface area contributed by atoms with Crippen molar-refractivity contribution in [1.29, 1.82) is 0 Å². The molecule has 1 aromatic rings. The van der Waals surface area contributed by atoms with Gasteiger partial charge in [0.1, 0.15) is 0 Å².